The average Bonchev–Trinajstić information content (AvgIpc) is 3.36. The molecule has 1 heterocycles. The predicted octanol–water partition coefficient (Wildman–Crippen LogP) is 0.625. The van der Waals surface area contributed by atoms with Gasteiger partial charge in [0.2, 0.25) is 15.9 Å². The molecular weight excluding hydrogens is 330 g/mol. The van der Waals surface area contributed by atoms with Gasteiger partial charge in [-0.1, -0.05) is 6.07 Å². The summed E-state index contributed by atoms with van der Waals surface area (Å²) in [6.45, 7) is 0.346. The maximum absolute atomic E-state index is 12.2. The first-order valence-electron chi connectivity index (χ1n) is 8.14. The van der Waals surface area contributed by atoms with Gasteiger partial charge in [-0.05, 0) is 43.9 Å². The lowest BCUT2D eigenvalue weighted by atomic mass is 10.2. The second-order valence-electron chi connectivity index (χ2n) is 6.17. The molecule has 1 aromatic carbocycles. The fraction of sp³-hybridized carbons (Fsp3) is 0.500. The third-order valence-corrected chi connectivity index (χ3v) is 5.97. The van der Waals surface area contributed by atoms with E-state index in [1.807, 2.05) is 0 Å². The van der Waals surface area contributed by atoms with Crippen molar-refractivity contribution in [3.8, 4) is 0 Å². The van der Waals surface area contributed by atoms with Gasteiger partial charge in [0.05, 0.1) is 18.0 Å². The predicted molar refractivity (Wildman–Crippen MR) is 90.3 cm³/mol. The Hall–Kier alpha value is -2.09. The van der Waals surface area contributed by atoms with Crippen LogP contribution in [-0.2, 0) is 14.8 Å². The van der Waals surface area contributed by atoms with Crippen molar-refractivity contribution < 1.29 is 18.0 Å². The van der Waals surface area contributed by atoms with Crippen LogP contribution in [0.3, 0.4) is 0 Å². The molecule has 24 heavy (non-hydrogen) atoms. The van der Waals surface area contributed by atoms with Crippen LogP contribution < -0.4 is 14.9 Å². The lowest BCUT2D eigenvalue weighted by Gasteiger charge is -2.28. The van der Waals surface area contributed by atoms with Crippen LogP contribution in [0.15, 0.2) is 24.3 Å². The quantitative estimate of drug-likeness (QED) is 0.813. The SMILES string of the molecule is O=C(CNC(=O)c1cccc(N2CCCCS2(=O)=O)c1)NC1CC1. The molecular formula is C16H21N3O4S. The summed E-state index contributed by atoms with van der Waals surface area (Å²) < 4.78 is 25.7. The minimum atomic E-state index is -3.31. The minimum absolute atomic E-state index is 0.0818. The van der Waals surface area contributed by atoms with Gasteiger partial charge in [-0.3, -0.25) is 13.9 Å². The minimum Gasteiger partial charge on any atom is -0.352 e. The Morgan fingerprint density at radius 2 is 2.00 bits per heavy atom. The number of nitrogens with one attached hydrogen (secondary N) is 2. The van der Waals surface area contributed by atoms with Crippen molar-refractivity contribution in [3.63, 3.8) is 0 Å². The molecule has 7 nitrogen and oxygen atoms in total. The van der Waals surface area contributed by atoms with Crippen molar-refractivity contribution >= 4 is 27.5 Å². The zero-order valence-electron chi connectivity index (χ0n) is 13.3. The third kappa shape index (κ3) is 4.05. The number of rotatable bonds is 5. The highest BCUT2D eigenvalue weighted by Gasteiger charge is 2.26. The van der Waals surface area contributed by atoms with E-state index >= 15 is 0 Å². The van der Waals surface area contributed by atoms with Crippen LogP contribution in [0.5, 0.6) is 0 Å². The Morgan fingerprint density at radius 1 is 1.21 bits per heavy atom. The number of sulfonamides is 1. The van der Waals surface area contributed by atoms with E-state index in [0.29, 0.717) is 24.2 Å². The number of anilines is 1. The van der Waals surface area contributed by atoms with Gasteiger partial charge in [0, 0.05) is 18.2 Å². The molecule has 2 N–H and O–H groups in total. The average molecular weight is 351 g/mol. The van der Waals surface area contributed by atoms with E-state index < -0.39 is 15.9 Å². The summed E-state index contributed by atoms with van der Waals surface area (Å²) in [5, 5.41) is 5.36. The standard InChI is InChI=1S/C16H21N3O4S/c20-15(18-13-6-7-13)11-17-16(21)12-4-3-5-14(10-12)19-8-1-2-9-24(19,22)23/h3-5,10,13H,1-2,6-9,11H2,(H,17,21)(H,18,20). The molecule has 1 aliphatic heterocycles. The number of carbonyl (C=O) groups excluding carboxylic acids is 2. The lowest BCUT2D eigenvalue weighted by Crippen LogP contribution is -2.39. The molecule has 0 aromatic heterocycles. The van der Waals surface area contributed by atoms with Crippen molar-refractivity contribution in [1.29, 1.82) is 0 Å². The number of carbonyl (C=O) groups is 2. The zero-order chi connectivity index (χ0) is 17.2. The molecule has 1 saturated carbocycles. The van der Waals surface area contributed by atoms with Gasteiger partial charge in [0.1, 0.15) is 0 Å². The lowest BCUT2D eigenvalue weighted by molar-refractivity contribution is -0.120. The molecule has 8 heteroatoms. The highest BCUT2D eigenvalue weighted by molar-refractivity contribution is 7.92. The molecule has 2 amide bonds. The van der Waals surface area contributed by atoms with Gasteiger partial charge < -0.3 is 10.6 Å². The normalized spacial score (nSPS) is 19.6. The Labute approximate surface area is 141 Å². The Balaban J connectivity index is 1.65. The van der Waals surface area contributed by atoms with Crippen LogP contribution in [0.1, 0.15) is 36.0 Å². The van der Waals surface area contributed by atoms with Crippen LogP contribution in [0.2, 0.25) is 0 Å². The molecule has 0 spiro atoms. The fourth-order valence-electron chi connectivity index (χ4n) is 2.65. The number of hydrogen-bond donors (Lipinski definition) is 2. The molecule has 1 aromatic rings. The number of hydrogen-bond acceptors (Lipinski definition) is 4. The Kier molecular flexibility index (Phi) is 4.75. The molecule has 0 unspecified atom stereocenters. The molecule has 0 atom stereocenters. The number of benzene rings is 1. The number of nitrogens with zero attached hydrogens (tertiary/aromatic N) is 1. The van der Waals surface area contributed by atoms with Crippen LogP contribution in [0, 0.1) is 0 Å². The van der Waals surface area contributed by atoms with Crippen LogP contribution >= 0.6 is 0 Å². The highest BCUT2D eigenvalue weighted by Crippen LogP contribution is 2.24. The van der Waals surface area contributed by atoms with Gasteiger partial charge in [0.15, 0.2) is 0 Å². The Bertz CT molecular complexity index is 743. The maximum atomic E-state index is 12.2. The van der Waals surface area contributed by atoms with Crippen molar-refractivity contribution in [3.05, 3.63) is 29.8 Å². The summed E-state index contributed by atoms with van der Waals surface area (Å²) in [4.78, 5) is 23.8. The molecule has 1 aliphatic carbocycles. The summed E-state index contributed by atoms with van der Waals surface area (Å²) in [6.07, 6.45) is 3.45. The van der Waals surface area contributed by atoms with E-state index in [0.717, 1.165) is 19.3 Å². The molecule has 2 aliphatic rings. The topological polar surface area (TPSA) is 95.6 Å². The van der Waals surface area contributed by atoms with Crippen LogP contribution in [0.4, 0.5) is 5.69 Å². The largest absolute Gasteiger partial charge is 0.352 e. The maximum Gasteiger partial charge on any atom is 0.251 e. The van der Waals surface area contributed by atoms with Gasteiger partial charge in [-0.15, -0.1) is 0 Å². The molecule has 0 bridgehead atoms. The summed E-state index contributed by atoms with van der Waals surface area (Å²) in [7, 11) is -3.31. The van der Waals surface area contributed by atoms with Gasteiger partial charge in [-0.2, -0.15) is 0 Å². The highest BCUT2D eigenvalue weighted by atomic mass is 32.2. The fourth-order valence-corrected chi connectivity index (χ4v) is 4.28. The molecule has 0 radical (unpaired) electrons. The first-order chi connectivity index (χ1) is 11.5. The second-order valence-corrected chi connectivity index (χ2v) is 8.18. The first-order valence-corrected chi connectivity index (χ1v) is 9.75. The van der Waals surface area contributed by atoms with Crippen molar-refractivity contribution in [2.24, 2.45) is 0 Å². The van der Waals surface area contributed by atoms with Crippen molar-refractivity contribution in [2.75, 3.05) is 23.1 Å². The summed E-state index contributed by atoms with van der Waals surface area (Å²) in [6, 6.07) is 6.74. The Morgan fingerprint density at radius 3 is 2.71 bits per heavy atom. The molecule has 1 saturated heterocycles. The molecule has 130 valence electrons. The monoisotopic (exact) mass is 351 g/mol. The second kappa shape index (κ2) is 6.80. The van der Waals surface area contributed by atoms with E-state index in [1.165, 1.54) is 4.31 Å². The van der Waals surface area contributed by atoms with E-state index in [1.54, 1.807) is 24.3 Å². The third-order valence-electron chi connectivity index (χ3n) is 4.10. The van der Waals surface area contributed by atoms with Crippen LogP contribution in [-0.4, -0.2) is 45.1 Å². The van der Waals surface area contributed by atoms with Crippen LogP contribution in [0.25, 0.3) is 0 Å². The van der Waals surface area contributed by atoms with Gasteiger partial charge >= 0.3 is 0 Å². The summed E-state index contributed by atoms with van der Waals surface area (Å²) >= 11 is 0. The molecule has 2 fully saturated rings. The van der Waals surface area contributed by atoms with E-state index in [9.17, 15) is 18.0 Å². The van der Waals surface area contributed by atoms with E-state index in [2.05, 4.69) is 10.6 Å². The van der Waals surface area contributed by atoms with Crippen molar-refractivity contribution in [1.82, 2.24) is 10.6 Å². The molecule has 3 rings (SSSR count). The van der Waals surface area contributed by atoms with Crippen molar-refractivity contribution in [2.45, 2.75) is 31.7 Å². The summed E-state index contributed by atoms with van der Waals surface area (Å²) in [5.41, 5.74) is 0.831. The smallest absolute Gasteiger partial charge is 0.251 e. The van der Waals surface area contributed by atoms with E-state index in [4.69, 9.17) is 0 Å². The van der Waals surface area contributed by atoms with Gasteiger partial charge in [0.25, 0.3) is 5.91 Å². The van der Waals surface area contributed by atoms with Gasteiger partial charge in [-0.25, -0.2) is 8.42 Å². The summed E-state index contributed by atoms with van der Waals surface area (Å²) in [5.74, 6) is -0.470. The van der Waals surface area contributed by atoms with E-state index in [-0.39, 0.29) is 24.2 Å². The number of amides is 2. The first kappa shape index (κ1) is 16.8. The zero-order valence-corrected chi connectivity index (χ0v) is 14.1.